The number of likely N-dealkylation sites (N-methyl/N-ethyl adjacent to an activating group) is 1. The van der Waals surface area contributed by atoms with Gasteiger partial charge in [0.05, 0.1) is 22.8 Å². The average Bonchev–Trinajstić information content (AvgIpc) is 3.40. The molecular weight excluding hydrogens is 484 g/mol. The summed E-state index contributed by atoms with van der Waals surface area (Å²) in [6.07, 6.45) is 3.24. The smallest absolute Gasteiger partial charge is 0.258 e. The Morgan fingerprint density at radius 2 is 2.00 bits per heavy atom. The number of anilines is 1. The number of amides is 1. The molecule has 1 amide bonds. The number of halogens is 2. The van der Waals surface area contributed by atoms with Crippen molar-refractivity contribution in [1.82, 2.24) is 9.29 Å². The number of hydrogen-bond donors (Lipinski definition) is 0. The number of sulfonamides is 1. The zero-order valence-corrected chi connectivity index (χ0v) is 20.0. The van der Waals surface area contributed by atoms with Crippen LogP contribution in [0.4, 0.5) is 14.5 Å². The third-order valence-corrected chi connectivity index (χ3v) is 7.98. The van der Waals surface area contributed by atoms with Gasteiger partial charge in [0, 0.05) is 56.0 Å². The Morgan fingerprint density at radius 1 is 1.21 bits per heavy atom. The van der Waals surface area contributed by atoms with E-state index in [4.69, 9.17) is 4.74 Å². The minimum atomic E-state index is -4.12. The van der Waals surface area contributed by atoms with E-state index in [-0.39, 0.29) is 36.1 Å². The van der Waals surface area contributed by atoms with Crippen molar-refractivity contribution in [2.24, 2.45) is 0 Å². The predicted octanol–water partition coefficient (Wildman–Crippen LogP) is 3.78. The molecule has 178 valence electrons. The molecule has 0 N–H and O–H groups in total. The highest BCUT2D eigenvalue weighted by molar-refractivity contribution is 7.89. The lowest BCUT2D eigenvalue weighted by atomic mass is 10.1. The second-order valence-corrected chi connectivity index (χ2v) is 10.4. The van der Waals surface area contributed by atoms with E-state index in [0.717, 1.165) is 10.4 Å². The first-order valence-corrected chi connectivity index (χ1v) is 12.5. The number of nitrogens with zero attached hydrogens (tertiary/aromatic N) is 3. The van der Waals surface area contributed by atoms with Crippen LogP contribution in [0.2, 0.25) is 0 Å². The fourth-order valence-electron chi connectivity index (χ4n) is 3.62. The Hall–Kier alpha value is -2.99. The summed E-state index contributed by atoms with van der Waals surface area (Å²) in [6, 6.07) is 7.41. The summed E-state index contributed by atoms with van der Waals surface area (Å²) in [5, 5.41) is 2.39. The monoisotopic (exact) mass is 505 g/mol. The van der Waals surface area contributed by atoms with Gasteiger partial charge in [-0.05, 0) is 30.3 Å². The Kier molecular flexibility index (Phi) is 6.89. The molecule has 0 fully saturated rings. The maximum Gasteiger partial charge on any atom is 0.258 e. The van der Waals surface area contributed by atoms with Crippen LogP contribution in [0.1, 0.15) is 16.1 Å². The number of aromatic nitrogens is 1. The van der Waals surface area contributed by atoms with Crippen LogP contribution in [0, 0.1) is 11.6 Å². The summed E-state index contributed by atoms with van der Waals surface area (Å²) < 4.78 is 60.8. The fraction of sp³-hybridized carbons (Fsp3) is 0.217. The van der Waals surface area contributed by atoms with E-state index in [1.165, 1.54) is 41.5 Å². The second kappa shape index (κ2) is 9.71. The van der Waals surface area contributed by atoms with Crippen molar-refractivity contribution in [3.05, 3.63) is 75.7 Å². The standard InChI is InChI=1S/C23H21F2N3O4S2/c1-27-21-6-5-17(12-18(21)19(23(27)29)13-22-26-7-10-33-22)34(30,31)28(8-9-32-2)14-15-3-4-16(24)11-20(15)25/h3-7,10-13H,8-9,14H2,1-2H3/b19-13+. The van der Waals surface area contributed by atoms with Gasteiger partial charge in [-0.2, -0.15) is 4.31 Å². The quantitative estimate of drug-likeness (QED) is 0.436. The van der Waals surface area contributed by atoms with Gasteiger partial charge in [-0.1, -0.05) is 6.07 Å². The van der Waals surface area contributed by atoms with Crippen molar-refractivity contribution in [3.8, 4) is 0 Å². The molecule has 2 heterocycles. The van der Waals surface area contributed by atoms with E-state index in [9.17, 15) is 22.0 Å². The maximum absolute atomic E-state index is 14.3. The van der Waals surface area contributed by atoms with Crippen LogP contribution >= 0.6 is 11.3 Å². The van der Waals surface area contributed by atoms with Crippen LogP contribution in [0.5, 0.6) is 0 Å². The number of fused-ring (bicyclic) bond motifs is 1. The largest absolute Gasteiger partial charge is 0.383 e. The molecule has 4 rings (SSSR count). The number of carbonyl (C=O) groups excluding carboxylic acids is 1. The van der Waals surface area contributed by atoms with E-state index in [0.29, 0.717) is 27.9 Å². The van der Waals surface area contributed by atoms with E-state index in [1.54, 1.807) is 30.8 Å². The highest BCUT2D eigenvalue weighted by Gasteiger charge is 2.33. The molecule has 1 aliphatic heterocycles. The van der Waals surface area contributed by atoms with Gasteiger partial charge in [0.15, 0.2) is 0 Å². The van der Waals surface area contributed by atoms with Crippen molar-refractivity contribution in [3.63, 3.8) is 0 Å². The molecule has 0 atom stereocenters. The third kappa shape index (κ3) is 4.64. The molecule has 1 aromatic heterocycles. The molecule has 2 aromatic carbocycles. The molecule has 0 saturated heterocycles. The zero-order valence-electron chi connectivity index (χ0n) is 18.4. The fourth-order valence-corrected chi connectivity index (χ4v) is 5.62. The molecule has 0 bridgehead atoms. The molecule has 34 heavy (non-hydrogen) atoms. The molecule has 0 aliphatic carbocycles. The minimum Gasteiger partial charge on any atom is -0.383 e. The second-order valence-electron chi connectivity index (χ2n) is 7.54. The van der Waals surface area contributed by atoms with Crippen molar-refractivity contribution >= 4 is 44.6 Å². The number of thiazole rings is 1. The maximum atomic E-state index is 14.3. The molecule has 7 nitrogen and oxygen atoms in total. The number of methoxy groups -OCH3 is 1. The van der Waals surface area contributed by atoms with Crippen molar-refractivity contribution in [1.29, 1.82) is 0 Å². The van der Waals surface area contributed by atoms with Gasteiger partial charge in [-0.3, -0.25) is 4.79 Å². The Morgan fingerprint density at radius 3 is 2.68 bits per heavy atom. The van der Waals surface area contributed by atoms with Gasteiger partial charge in [-0.25, -0.2) is 22.2 Å². The van der Waals surface area contributed by atoms with Gasteiger partial charge in [0.1, 0.15) is 16.6 Å². The predicted molar refractivity (Wildman–Crippen MR) is 126 cm³/mol. The number of rotatable bonds is 8. The first-order chi connectivity index (χ1) is 16.2. The van der Waals surface area contributed by atoms with Gasteiger partial charge in [0.25, 0.3) is 5.91 Å². The molecule has 0 saturated carbocycles. The molecular formula is C23H21F2N3O4S2. The summed E-state index contributed by atoms with van der Waals surface area (Å²) in [4.78, 5) is 18.4. The highest BCUT2D eigenvalue weighted by atomic mass is 32.2. The number of ether oxygens (including phenoxy) is 1. The number of benzene rings is 2. The molecule has 0 radical (unpaired) electrons. The summed E-state index contributed by atoms with van der Waals surface area (Å²) in [7, 11) is -1.08. The van der Waals surface area contributed by atoms with Gasteiger partial charge >= 0.3 is 0 Å². The van der Waals surface area contributed by atoms with E-state index >= 15 is 0 Å². The highest BCUT2D eigenvalue weighted by Crippen LogP contribution is 2.39. The van der Waals surface area contributed by atoms with Crippen LogP contribution in [0.15, 0.2) is 52.9 Å². The van der Waals surface area contributed by atoms with Crippen LogP contribution in [0.25, 0.3) is 11.6 Å². The number of carbonyl (C=O) groups is 1. The van der Waals surface area contributed by atoms with Gasteiger partial charge in [0.2, 0.25) is 10.0 Å². The van der Waals surface area contributed by atoms with Crippen LogP contribution < -0.4 is 4.90 Å². The van der Waals surface area contributed by atoms with Crippen LogP contribution in [-0.2, 0) is 26.1 Å². The molecule has 0 spiro atoms. The van der Waals surface area contributed by atoms with Crippen molar-refractivity contribution in [2.75, 3.05) is 32.2 Å². The summed E-state index contributed by atoms with van der Waals surface area (Å²) in [6.45, 7) is -0.285. The normalized spacial score (nSPS) is 14.9. The summed E-state index contributed by atoms with van der Waals surface area (Å²) >= 11 is 1.35. The first-order valence-electron chi connectivity index (χ1n) is 10.2. The minimum absolute atomic E-state index is 0.0292. The Bertz CT molecular complexity index is 1360. The Balaban J connectivity index is 1.74. The van der Waals surface area contributed by atoms with E-state index < -0.39 is 21.7 Å². The van der Waals surface area contributed by atoms with Gasteiger partial charge in [-0.15, -0.1) is 11.3 Å². The lowest BCUT2D eigenvalue weighted by Crippen LogP contribution is -2.34. The molecule has 1 aliphatic rings. The lowest BCUT2D eigenvalue weighted by molar-refractivity contribution is -0.112. The molecule has 11 heteroatoms. The molecule has 0 unspecified atom stereocenters. The zero-order chi connectivity index (χ0) is 24.5. The number of hydrogen-bond acceptors (Lipinski definition) is 6. The van der Waals surface area contributed by atoms with E-state index in [2.05, 4.69) is 4.98 Å². The van der Waals surface area contributed by atoms with Crippen LogP contribution in [-0.4, -0.2) is 50.9 Å². The average molecular weight is 506 g/mol. The van der Waals surface area contributed by atoms with Crippen molar-refractivity contribution in [2.45, 2.75) is 11.4 Å². The molecule has 3 aromatic rings. The third-order valence-electron chi connectivity index (χ3n) is 5.42. The first kappa shape index (κ1) is 24.1. The Labute approximate surface area is 200 Å². The van der Waals surface area contributed by atoms with Crippen LogP contribution in [0.3, 0.4) is 0 Å². The summed E-state index contributed by atoms with van der Waals surface area (Å²) in [5.74, 6) is -1.86. The summed E-state index contributed by atoms with van der Waals surface area (Å²) in [5.41, 5.74) is 1.39. The SMILES string of the molecule is COCCN(Cc1ccc(F)cc1F)S(=O)(=O)c1ccc2c(c1)/C(=C\c1nccs1)C(=O)N2C. The lowest BCUT2D eigenvalue weighted by Gasteiger charge is -2.23. The van der Waals surface area contributed by atoms with E-state index in [1.807, 2.05) is 0 Å². The van der Waals surface area contributed by atoms with Crippen molar-refractivity contribution < 1.29 is 26.7 Å². The van der Waals surface area contributed by atoms with Gasteiger partial charge < -0.3 is 9.64 Å². The topological polar surface area (TPSA) is 79.8 Å².